The van der Waals surface area contributed by atoms with Gasteiger partial charge in [0.25, 0.3) is 0 Å². The van der Waals surface area contributed by atoms with Crippen molar-refractivity contribution in [2.75, 3.05) is 13.1 Å². The summed E-state index contributed by atoms with van der Waals surface area (Å²) in [5, 5.41) is 9.33. The largest absolute Gasteiger partial charge is 0.481 e. The first kappa shape index (κ1) is 11.4. The fourth-order valence-corrected chi connectivity index (χ4v) is 3.10. The molecule has 2 rings (SSSR count). The predicted molar refractivity (Wildman–Crippen MR) is 58.9 cm³/mol. The van der Waals surface area contributed by atoms with Crippen LogP contribution in [0.2, 0.25) is 0 Å². The van der Waals surface area contributed by atoms with E-state index in [1.165, 1.54) is 0 Å². The number of nitrogens with zero attached hydrogens (tertiary/aromatic N) is 1. The highest BCUT2D eigenvalue weighted by atomic mass is 16.4. The number of aliphatic carboxylic acids is 1. The predicted octanol–water partition coefficient (Wildman–Crippen LogP) is 1.50. The molecule has 0 aromatic rings. The van der Waals surface area contributed by atoms with E-state index < -0.39 is 11.4 Å². The van der Waals surface area contributed by atoms with Crippen LogP contribution in [0.25, 0.3) is 0 Å². The molecule has 2 aliphatic rings. The molecule has 0 bridgehead atoms. The van der Waals surface area contributed by atoms with Gasteiger partial charge < -0.3 is 10.0 Å². The van der Waals surface area contributed by atoms with Crippen LogP contribution < -0.4 is 0 Å². The van der Waals surface area contributed by atoms with Crippen molar-refractivity contribution in [3.63, 3.8) is 0 Å². The Morgan fingerprint density at radius 3 is 2.12 bits per heavy atom. The van der Waals surface area contributed by atoms with Gasteiger partial charge >= 0.3 is 5.97 Å². The van der Waals surface area contributed by atoms with Crippen LogP contribution >= 0.6 is 0 Å². The summed E-state index contributed by atoms with van der Waals surface area (Å²) >= 11 is 0. The molecule has 4 nitrogen and oxygen atoms in total. The van der Waals surface area contributed by atoms with E-state index >= 15 is 0 Å². The quantitative estimate of drug-likeness (QED) is 0.774. The average molecular weight is 225 g/mol. The molecule has 1 aliphatic heterocycles. The van der Waals surface area contributed by atoms with Gasteiger partial charge in [-0.1, -0.05) is 6.42 Å². The second-order valence-corrected chi connectivity index (χ2v) is 5.10. The molecule has 1 N–H and O–H groups in total. The van der Waals surface area contributed by atoms with E-state index in [1.807, 2.05) is 4.90 Å². The SMILES string of the molecule is CC(=O)N1CCC(C2(C(=O)O)CCC2)CC1. The Morgan fingerprint density at radius 2 is 1.81 bits per heavy atom. The van der Waals surface area contributed by atoms with Crippen LogP contribution in [-0.2, 0) is 9.59 Å². The van der Waals surface area contributed by atoms with E-state index in [4.69, 9.17) is 0 Å². The zero-order valence-corrected chi connectivity index (χ0v) is 9.74. The maximum atomic E-state index is 11.3. The summed E-state index contributed by atoms with van der Waals surface area (Å²) in [7, 11) is 0. The summed E-state index contributed by atoms with van der Waals surface area (Å²) in [6.07, 6.45) is 4.40. The molecule has 0 spiro atoms. The van der Waals surface area contributed by atoms with Crippen molar-refractivity contribution in [1.82, 2.24) is 4.90 Å². The number of likely N-dealkylation sites (tertiary alicyclic amines) is 1. The minimum atomic E-state index is -0.625. The summed E-state index contributed by atoms with van der Waals surface area (Å²) in [5.41, 5.74) is -0.455. The number of amides is 1. The Hall–Kier alpha value is -1.06. The number of rotatable bonds is 2. The van der Waals surface area contributed by atoms with Crippen molar-refractivity contribution < 1.29 is 14.7 Å². The Kier molecular flexibility index (Phi) is 2.91. The zero-order valence-electron chi connectivity index (χ0n) is 9.74. The molecule has 2 fully saturated rings. The third-order valence-corrected chi connectivity index (χ3v) is 4.39. The first-order valence-corrected chi connectivity index (χ1v) is 6.05. The van der Waals surface area contributed by atoms with Gasteiger partial charge in [0.1, 0.15) is 0 Å². The van der Waals surface area contributed by atoms with Crippen LogP contribution in [0.1, 0.15) is 39.0 Å². The van der Waals surface area contributed by atoms with E-state index in [1.54, 1.807) is 6.92 Å². The number of carbonyl (C=O) groups is 2. The standard InChI is InChI=1S/C12H19NO3/c1-9(14)13-7-3-10(4-8-13)12(11(15)16)5-2-6-12/h10H,2-8H2,1H3,(H,15,16). The van der Waals surface area contributed by atoms with E-state index in [9.17, 15) is 14.7 Å². The fourth-order valence-electron chi connectivity index (χ4n) is 3.10. The molecule has 16 heavy (non-hydrogen) atoms. The number of carboxylic acids is 1. The molecule has 1 amide bonds. The highest BCUT2D eigenvalue weighted by Crippen LogP contribution is 2.50. The van der Waals surface area contributed by atoms with Gasteiger partial charge in [0.2, 0.25) is 5.91 Å². The van der Waals surface area contributed by atoms with Gasteiger partial charge in [0, 0.05) is 20.0 Å². The lowest BCUT2D eigenvalue weighted by molar-refractivity contribution is -0.162. The minimum absolute atomic E-state index is 0.108. The second kappa shape index (κ2) is 4.07. The molecule has 0 aromatic carbocycles. The van der Waals surface area contributed by atoms with Crippen LogP contribution in [-0.4, -0.2) is 35.0 Å². The summed E-state index contributed by atoms with van der Waals surface area (Å²) in [5.74, 6) is -0.245. The number of hydrogen-bond acceptors (Lipinski definition) is 2. The third kappa shape index (κ3) is 1.70. The van der Waals surface area contributed by atoms with Crippen LogP contribution in [0.15, 0.2) is 0 Å². The van der Waals surface area contributed by atoms with Crippen molar-refractivity contribution >= 4 is 11.9 Å². The maximum Gasteiger partial charge on any atom is 0.309 e. The van der Waals surface area contributed by atoms with E-state index in [0.29, 0.717) is 0 Å². The van der Waals surface area contributed by atoms with E-state index in [2.05, 4.69) is 0 Å². The highest BCUT2D eigenvalue weighted by molar-refractivity contribution is 5.76. The molecule has 1 aliphatic carbocycles. The highest BCUT2D eigenvalue weighted by Gasteiger charge is 2.50. The summed E-state index contributed by atoms with van der Waals surface area (Å²) < 4.78 is 0. The molecule has 90 valence electrons. The lowest BCUT2D eigenvalue weighted by Gasteiger charge is -2.47. The van der Waals surface area contributed by atoms with Crippen molar-refractivity contribution in [3.8, 4) is 0 Å². The number of carbonyl (C=O) groups excluding carboxylic acids is 1. The van der Waals surface area contributed by atoms with Crippen molar-refractivity contribution in [3.05, 3.63) is 0 Å². The Morgan fingerprint density at radius 1 is 1.25 bits per heavy atom. The van der Waals surface area contributed by atoms with Crippen molar-refractivity contribution in [2.45, 2.75) is 39.0 Å². The van der Waals surface area contributed by atoms with Gasteiger partial charge in [-0.15, -0.1) is 0 Å². The molecule has 0 unspecified atom stereocenters. The molecular weight excluding hydrogens is 206 g/mol. The van der Waals surface area contributed by atoms with Crippen molar-refractivity contribution in [1.29, 1.82) is 0 Å². The lowest BCUT2D eigenvalue weighted by Crippen LogP contribution is -2.49. The lowest BCUT2D eigenvalue weighted by atomic mass is 9.58. The van der Waals surface area contributed by atoms with E-state index in [0.717, 1.165) is 45.2 Å². The summed E-state index contributed by atoms with van der Waals surface area (Å²) in [6, 6.07) is 0. The van der Waals surface area contributed by atoms with Gasteiger partial charge in [-0.05, 0) is 31.6 Å². The summed E-state index contributed by atoms with van der Waals surface area (Å²) in [6.45, 7) is 3.04. The number of piperidine rings is 1. The Balaban J connectivity index is 1.98. The first-order chi connectivity index (χ1) is 7.56. The van der Waals surface area contributed by atoms with Gasteiger partial charge in [0.05, 0.1) is 5.41 Å². The zero-order chi connectivity index (χ0) is 11.8. The minimum Gasteiger partial charge on any atom is -0.481 e. The molecule has 0 atom stereocenters. The second-order valence-electron chi connectivity index (χ2n) is 5.10. The van der Waals surface area contributed by atoms with Gasteiger partial charge in [-0.2, -0.15) is 0 Å². The average Bonchev–Trinajstić information content (AvgIpc) is 2.16. The topological polar surface area (TPSA) is 57.6 Å². The first-order valence-electron chi connectivity index (χ1n) is 6.05. The van der Waals surface area contributed by atoms with Crippen LogP contribution in [0, 0.1) is 11.3 Å². The van der Waals surface area contributed by atoms with E-state index in [-0.39, 0.29) is 11.8 Å². The number of carboxylic acid groups (broad SMARTS) is 1. The van der Waals surface area contributed by atoms with Crippen LogP contribution in [0.5, 0.6) is 0 Å². The molecule has 1 heterocycles. The van der Waals surface area contributed by atoms with Crippen LogP contribution in [0.3, 0.4) is 0 Å². The molecular formula is C12H19NO3. The Bertz CT molecular complexity index is 301. The van der Waals surface area contributed by atoms with Gasteiger partial charge in [-0.25, -0.2) is 0 Å². The third-order valence-electron chi connectivity index (χ3n) is 4.39. The van der Waals surface area contributed by atoms with Crippen molar-refractivity contribution in [2.24, 2.45) is 11.3 Å². The molecule has 0 aromatic heterocycles. The molecule has 4 heteroatoms. The summed E-state index contributed by atoms with van der Waals surface area (Å²) in [4.78, 5) is 24.3. The fraction of sp³-hybridized carbons (Fsp3) is 0.833. The van der Waals surface area contributed by atoms with Gasteiger partial charge in [-0.3, -0.25) is 9.59 Å². The molecule has 0 radical (unpaired) electrons. The molecule has 1 saturated heterocycles. The maximum absolute atomic E-state index is 11.3. The van der Waals surface area contributed by atoms with Gasteiger partial charge in [0.15, 0.2) is 0 Å². The monoisotopic (exact) mass is 225 g/mol. The molecule has 1 saturated carbocycles. The smallest absolute Gasteiger partial charge is 0.309 e. The number of hydrogen-bond donors (Lipinski definition) is 1. The Labute approximate surface area is 95.6 Å². The normalized spacial score (nSPS) is 24.9. The van der Waals surface area contributed by atoms with Crippen LogP contribution in [0.4, 0.5) is 0 Å².